The lowest BCUT2D eigenvalue weighted by atomic mass is 10.1. The van der Waals surface area contributed by atoms with Crippen LogP contribution >= 0.6 is 0 Å². The van der Waals surface area contributed by atoms with Gasteiger partial charge in [-0.25, -0.2) is 13.1 Å². The van der Waals surface area contributed by atoms with Gasteiger partial charge in [0.05, 0.1) is 17.0 Å². The molecule has 2 heterocycles. The summed E-state index contributed by atoms with van der Waals surface area (Å²) in [6.45, 7) is 5.28. The maximum absolute atomic E-state index is 12.0. The van der Waals surface area contributed by atoms with Crippen LogP contribution in [0.1, 0.15) is 42.1 Å². The number of hydrogen-bond donors (Lipinski definition) is 1. The number of hydrogen-bond acceptors (Lipinski definition) is 4. The van der Waals surface area contributed by atoms with E-state index in [1.165, 1.54) is 16.8 Å². The van der Waals surface area contributed by atoms with Crippen molar-refractivity contribution >= 4 is 10.0 Å². The van der Waals surface area contributed by atoms with E-state index in [-0.39, 0.29) is 11.3 Å². The van der Waals surface area contributed by atoms with Crippen LogP contribution in [0.3, 0.4) is 0 Å². The van der Waals surface area contributed by atoms with Gasteiger partial charge >= 0.3 is 0 Å². The molecule has 1 aromatic heterocycles. The number of nitrogens with zero attached hydrogens (tertiary/aromatic N) is 3. The molecule has 0 saturated heterocycles. The standard InChI is InChI=1S/C19H26N4O2S/c1-15-4-2-3-5-16(15)12-22-13-17-8-10-20-23(17)18(14-22)9-11-21-26(24,25)19-6-7-19/h2-5,8,10,18-19,21H,6-7,9,11-14H2,1H3. The molecule has 0 bridgehead atoms. The number of aryl methyl sites for hydroxylation is 1. The maximum Gasteiger partial charge on any atom is 0.214 e. The second-order valence-electron chi connectivity index (χ2n) is 7.44. The van der Waals surface area contributed by atoms with Gasteiger partial charge in [0.25, 0.3) is 0 Å². The average Bonchev–Trinajstić information content (AvgIpc) is 3.37. The Balaban J connectivity index is 1.42. The Morgan fingerprint density at radius 1 is 1.23 bits per heavy atom. The molecule has 1 aliphatic carbocycles. The Morgan fingerprint density at radius 2 is 2.04 bits per heavy atom. The van der Waals surface area contributed by atoms with Crippen molar-refractivity contribution in [1.82, 2.24) is 19.4 Å². The van der Waals surface area contributed by atoms with Crippen molar-refractivity contribution in [3.05, 3.63) is 53.3 Å². The van der Waals surface area contributed by atoms with Gasteiger partial charge in [-0.05, 0) is 43.4 Å². The number of fused-ring (bicyclic) bond motifs is 1. The van der Waals surface area contributed by atoms with E-state index in [2.05, 4.69) is 56.7 Å². The number of nitrogens with one attached hydrogen (secondary N) is 1. The molecule has 2 aliphatic rings. The van der Waals surface area contributed by atoms with E-state index >= 15 is 0 Å². The van der Waals surface area contributed by atoms with E-state index < -0.39 is 10.0 Å². The zero-order valence-corrected chi connectivity index (χ0v) is 16.0. The summed E-state index contributed by atoms with van der Waals surface area (Å²) in [5.74, 6) is 0. The summed E-state index contributed by atoms with van der Waals surface area (Å²) in [5.41, 5.74) is 3.84. The van der Waals surface area contributed by atoms with Crippen LogP contribution in [0.5, 0.6) is 0 Å². The van der Waals surface area contributed by atoms with Gasteiger partial charge in [0, 0.05) is 32.4 Å². The lowest BCUT2D eigenvalue weighted by molar-refractivity contribution is 0.162. The Bertz CT molecular complexity index is 873. The highest BCUT2D eigenvalue weighted by atomic mass is 32.2. The average molecular weight is 375 g/mol. The molecule has 1 unspecified atom stereocenters. The largest absolute Gasteiger partial charge is 0.291 e. The molecule has 7 heteroatoms. The van der Waals surface area contributed by atoms with Crippen LogP contribution in [-0.4, -0.2) is 41.4 Å². The van der Waals surface area contributed by atoms with Crippen LogP contribution < -0.4 is 4.72 Å². The summed E-state index contributed by atoms with van der Waals surface area (Å²) < 4.78 is 28.9. The summed E-state index contributed by atoms with van der Waals surface area (Å²) >= 11 is 0. The maximum atomic E-state index is 12.0. The predicted octanol–water partition coefficient (Wildman–Crippen LogP) is 2.22. The van der Waals surface area contributed by atoms with Crippen molar-refractivity contribution < 1.29 is 8.42 Å². The van der Waals surface area contributed by atoms with Crippen LogP contribution in [0.25, 0.3) is 0 Å². The molecule has 0 radical (unpaired) electrons. The van der Waals surface area contributed by atoms with E-state index in [0.29, 0.717) is 6.54 Å². The van der Waals surface area contributed by atoms with Gasteiger partial charge in [0.15, 0.2) is 0 Å². The minimum absolute atomic E-state index is 0.160. The molecule has 140 valence electrons. The van der Waals surface area contributed by atoms with Crippen molar-refractivity contribution in [2.24, 2.45) is 0 Å². The summed E-state index contributed by atoms with van der Waals surface area (Å²) in [6, 6.07) is 10.7. The number of aromatic nitrogens is 2. The van der Waals surface area contributed by atoms with Crippen molar-refractivity contribution in [3.63, 3.8) is 0 Å². The number of benzene rings is 1. The monoisotopic (exact) mass is 374 g/mol. The molecule has 1 fully saturated rings. The van der Waals surface area contributed by atoms with Crippen LogP contribution in [-0.2, 0) is 23.1 Å². The molecule has 1 aliphatic heterocycles. The third-order valence-corrected chi connectivity index (χ3v) is 7.31. The van der Waals surface area contributed by atoms with Gasteiger partial charge in [-0.1, -0.05) is 24.3 Å². The minimum atomic E-state index is -3.11. The smallest absolute Gasteiger partial charge is 0.214 e. The van der Waals surface area contributed by atoms with Gasteiger partial charge in [0.2, 0.25) is 10.0 Å². The first-order valence-corrected chi connectivity index (χ1v) is 10.9. The molecule has 2 aromatic rings. The minimum Gasteiger partial charge on any atom is -0.291 e. The normalized spacial score (nSPS) is 20.9. The summed E-state index contributed by atoms with van der Waals surface area (Å²) in [4.78, 5) is 2.43. The fraction of sp³-hybridized carbons (Fsp3) is 0.526. The third-order valence-electron chi connectivity index (χ3n) is 5.35. The highest BCUT2D eigenvalue weighted by molar-refractivity contribution is 7.90. The zero-order valence-electron chi connectivity index (χ0n) is 15.1. The van der Waals surface area contributed by atoms with Gasteiger partial charge in [-0.2, -0.15) is 5.10 Å². The van der Waals surface area contributed by atoms with Crippen LogP contribution in [0.2, 0.25) is 0 Å². The lowest BCUT2D eigenvalue weighted by Gasteiger charge is -2.34. The molecule has 1 N–H and O–H groups in total. The summed E-state index contributed by atoms with van der Waals surface area (Å²) in [5, 5.41) is 4.31. The van der Waals surface area contributed by atoms with Gasteiger partial charge in [-0.15, -0.1) is 0 Å². The highest BCUT2D eigenvalue weighted by Crippen LogP contribution is 2.28. The first-order valence-electron chi connectivity index (χ1n) is 9.30. The first-order chi connectivity index (χ1) is 12.5. The molecule has 6 nitrogen and oxygen atoms in total. The second-order valence-corrected chi connectivity index (χ2v) is 9.49. The number of rotatable bonds is 7. The predicted molar refractivity (Wildman–Crippen MR) is 101 cm³/mol. The van der Waals surface area contributed by atoms with Gasteiger partial charge < -0.3 is 0 Å². The van der Waals surface area contributed by atoms with E-state index in [1.807, 2.05) is 6.20 Å². The van der Waals surface area contributed by atoms with Crippen LogP contribution in [0.15, 0.2) is 36.5 Å². The lowest BCUT2D eigenvalue weighted by Crippen LogP contribution is -2.39. The molecular weight excluding hydrogens is 348 g/mol. The van der Waals surface area contributed by atoms with E-state index in [0.717, 1.165) is 38.9 Å². The summed E-state index contributed by atoms with van der Waals surface area (Å²) in [6.07, 6.45) is 4.19. The first kappa shape index (κ1) is 17.7. The topological polar surface area (TPSA) is 67.2 Å². The Kier molecular flexibility index (Phi) is 4.86. The van der Waals surface area contributed by atoms with Crippen molar-refractivity contribution in [2.45, 2.75) is 50.6 Å². The van der Waals surface area contributed by atoms with Crippen molar-refractivity contribution in [1.29, 1.82) is 0 Å². The van der Waals surface area contributed by atoms with E-state index in [1.54, 1.807) is 0 Å². The zero-order chi connectivity index (χ0) is 18.1. The van der Waals surface area contributed by atoms with Crippen LogP contribution in [0.4, 0.5) is 0 Å². The molecule has 0 amide bonds. The molecular formula is C19H26N4O2S. The summed E-state index contributed by atoms with van der Waals surface area (Å²) in [7, 11) is -3.11. The Morgan fingerprint density at radius 3 is 2.81 bits per heavy atom. The number of sulfonamides is 1. The Hall–Kier alpha value is -1.70. The quantitative estimate of drug-likeness (QED) is 0.807. The molecule has 26 heavy (non-hydrogen) atoms. The van der Waals surface area contributed by atoms with Crippen LogP contribution in [0, 0.1) is 6.92 Å². The van der Waals surface area contributed by atoms with E-state index in [9.17, 15) is 8.42 Å². The van der Waals surface area contributed by atoms with Gasteiger partial charge in [-0.3, -0.25) is 9.58 Å². The molecule has 4 rings (SSSR count). The second kappa shape index (κ2) is 7.13. The van der Waals surface area contributed by atoms with Gasteiger partial charge in [0.1, 0.15) is 0 Å². The fourth-order valence-electron chi connectivity index (χ4n) is 3.69. The van der Waals surface area contributed by atoms with Crippen molar-refractivity contribution in [2.75, 3.05) is 13.1 Å². The van der Waals surface area contributed by atoms with Crippen molar-refractivity contribution in [3.8, 4) is 0 Å². The molecule has 0 spiro atoms. The SMILES string of the molecule is Cc1ccccc1CN1Cc2ccnn2C(CCNS(=O)(=O)C2CC2)C1. The highest BCUT2D eigenvalue weighted by Gasteiger charge is 2.35. The fourth-order valence-corrected chi connectivity index (χ4v) is 5.09. The molecule has 1 atom stereocenters. The molecule has 1 saturated carbocycles. The Labute approximate surface area is 155 Å². The third kappa shape index (κ3) is 3.84. The molecule has 1 aromatic carbocycles. The van der Waals surface area contributed by atoms with E-state index in [4.69, 9.17) is 0 Å².